The summed E-state index contributed by atoms with van der Waals surface area (Å²) in [5.74, 6) is 0.952. The van der Waals surface area contributed by atoms with Gasteiger partial charge in [0.05, 0.1) is 19.3 Å². The summed E-state index contributed by atoms with van der Waals surface area (Å²) in [7, 11) is 1.76. The van der Waals surface area contributed by atoms with Gasteiger partial charge in [0.1, 0.15) is 0 Å². The number of hydrogen-bond donors (Lipinski definition) is 2. The molecule has 0 aromatic rings. The Morgan fingerprint density at radius 2 is 2.24 bits per heavy atom. The zero-order valence-electron chi connectivity index (χ0n) is 13.4. The molecular formula is C15H30N4O2. The third kappa shape index (κ3) is 4.83. The van der Waals surface area contributed by atoms with E-state index in [1.54, 1.807) is 7.11 Å². The minimum atomic E-state index is -0.210. The predicted octanol–water partition coefficient (Wildman–Crippen LogP) is 0.129. The van der Waals surface area contributed by atoms with Gasteiger partial charge in [0, 0.05) is 39.3 Å². The fourth-order valence-electron chi connectivity index (χ4n) is 3.16. The molecule has 2 atom stereocenters. The maximum absolute atomic E-state index is 9.69. The highest BCUT2D eigenvalue weighted by atomic mass is 16.5. The summed E-state index contributed by atoms with van der Waals surface area (Å²) >= 11 is 0. The number of aliphatic imine (C=N–C) groups is 1. The normalized spacial score (nSPS) is 27.6. The Morgan fingerprint density at radius 3 is 2.90 bits per heavy atom. The Balaban J connectivity index is 1.89. The molecule has 0 spiro atoms. The van der Waals surface area contributed by atoms with Gasteiger partial charge in [-0.15, -0.1) is 0 Å². The van der Waals surface area contributed by atoms with Crippen molar-refractivity contribution >= 4 is 5.96 Å². The molecule has 0 aromatic heterocycles. The van der Waals surface area contributed by atoms with Crippen molar-refractivity contribution in [2.45, 2.75) is 38.3 Å². The van der Waals surface area contributed by atoms with Gasteiger partial charge in [-0.2, -0.15) is 0 Å². The van der Waals surface area contributed by atoms with Gasteiger partial charge in [0.2, 0.25) is 0 Å². The molecule has 122 valence electrons. The predicted molar refractivity (Wildman–Crippen MR) is 84.6 cm³/mol. The van der Waals surface area contributed by atoms with Crippen LogP contribution in [0.25, 0.3) is 0 Å². The lowest BCUT2D eigenvalue weighted by Crippen LogP contribution is -2.42. The molecular weight excluding hydrogens is 268 g/mol. The smallest absolute Gasteiger partial charge is 0.194 e. The van der Waals surface area contributed by atoms with Crippen molar-refractivity contribution in [3.05, 3.63) is 0 Å². The van der Waals surface area contributed by atoms with Gasteiger partial charge < -0.3 is 20.1 Å². The average Bonchev–Trinajstić information content (AvgIpc) is 3.10. The molecule has 0 amide bonds. The SMILES string of the molecule is CCNC(=NCC1CCCN1CCOC)N1CC[C@@H](O)C1. The molecule has 6 nitrogen and oxygen atoms in total. The number of nitrogens with zero attached hydrogens (tertiary/aromatic N) is 3. The van der Waals surface area contributed by atoms with Crippen LogP contribution in [0.5, 0.6) is 0 Å². The van der Waals surface area contributed by atoms with E-state index in [1.807, 2.05) is 0 Å². The summed E-state index contributed by atoms with van der Waals surface area (Å²) in [6, 6.07) is 0.529. The van der Waals surface area contributed by atoms with E-state index in [0.717, 1.165) is 51.7 Å². The van der Waals surface area contributed by atoms with E-state index in [-0.39, 0.29) is 6.10 Å². The lowest BCUT2D eigenvalue weighted by molar-refractivity contribution is 0.142. The van der Waals surface area contributed by atoms with Crippen LogP contribution >= 0.6 is 0 Å². The molecule has 0 aliphatic carbocycles. The molecule has 0 aromatic carbocycles. The summed E-state index contributed by atoms with van der Waals surface area (Å²) < 4.78 is 5.18. The quantitative estimate of drug-likeness (QED) is 0.539. The lowest BCUT2D eigenvalue weighted by Gasteiger charge is -2.25. The van der Waals surface area contributed by atoms with E-state index >= 15 is 0 Å². The molecule has 0 radical (unpaired) electrons. The Hall–Kier alpha value is -0.850. The maximum Gasteiger partial charge on any atom is 0.194 e. The van der Waals surface area contributed by atoms with E-state index < -0.39 is 0 Å². The van der Waals surface area contributed by atoms with Gasteiger partial charge >= 0.3 is 0 Å². The minimum absolute atomic E-state index is 0.210. The van der Waals surface area contributed by atoms with Crippen LogP contribution < -0.4 is 5.32 Å². The highest BCUT2D eigenvalue weighted by Crippen LogP contribution is 2.17. The Labute approximate surface area is 128 Å². The molecule has 2 N–H and O–H groups in total. The van der Waals surface area contributed by atoms with Crippen LogP contribution in [0.15, 0.2) is 4.99 Å². The fraction of sp³-hybridized carbons (Fsp3) is 0.933. The molecule has 21 heavy (non-hydrogen) atoms. The molecule has 6 heteroatoms. The Kier molecular flexibility index (Phi) is 6.73. The summed E-state index contributed by atoms with van der Waals surface area (Å²) in [5.41, 5.74) is 0. The second-order valence-corrected chi connectivity index (χ2v) is 5.91. The third-order valence-corrected chi connectivity index (χ3v) is 4.33. The fourth-order valence-corrected chi connectivity index (χ4v) is 3.16. The summed E-state index contributed by atoms with van der Waals surface area (Å²) in [6.07, 6.45) is 3.10. The van der Waals surface area contributed by atoms with E-state index in [0.29, 0.717) is 12.6 Å². The molecule has 2 heterocycles. The van der Waals surface area contributed by atoms with E-state index in [4.69, 9.17) is 9.73 Å². The first-order valence-electron chi connectivity index (χ1n) is 8.19. The van der Waals surface area contributed by atoms with Crippen LogP contribution in [0.1, 0.15) is 26.2 Å². The first-order chi connectivity index (χ1) is 10.2. The first-order valence-corrected chi connectivity index (χ1v) is 8.19. The highest BCUT2D eigenvalue weighted by Gasteiger charge is 2.26. The summed E-state index contributed by atoms with van der Waals surface area (Å²) in [6.45, 7) is 8.32. The number of rotatable bonds is 6. The van der Waals surface area contributed by atoms with Gasteiger partial charge in [0.25, 0.3) is 0 Å². The maximum atomic E-state index is 9.69. The molecule has 2 aliphatic heterocycles. The van der Waals surface area contributed by atoms with Crippen LogP contribution in [0, 0.1) is 0 Å². The molecule has 1 unspecified atom stereocenters. The second kappa shape index (κ2) is 8.56. The van der Waals surface area contributed by atoms with Crippen LogP contribution in [0.4, 0.5) is 0 Å². The van der Waals surface area contributed by atoms with Gasteiger partial charge in [-0.3, -0.25) is 9.89 Å². The zero-order chi connectivity index (χ0) is 15.1. The molecule has 0 bridgehead atoms. The van der Waals surface area contributed by atoms with Crippen molar-refractivity contribution in [3.63, 3.8) is 0 Å². The highest BCUT2D eigenvalue weighted by molar-refractivity contribution is 5.80. The van der Waals surface area contributed by atoms with Crippen molar-refractivity contribution in [1.82, 2.24) is 15.1 Å². The number of hydrogen-bond acceptors (Lipinski definition) is 4. The number of aliphatic hydroxyl groups is 1. The van der Waals surface area contributed by atoms with Gasteiger partial charge in [0.15, 0.2) is 5.96 Å². The standard InChI is InChI=1S/C15H30N4O2/c1-3-16-15(19-8-6-14(20)12-19)17-11-13-5-4-7-18(13)9-10-21-2/h13-14,20H,3-12H2,1-2H3,(H,16,17)/t13?,14-/m1/s1. The molecule has 2 aliphatic rings. The van der Waals surface area contributed by atoms with Crippen molar-refractivity contribution in [2.75, 3.05) is 53.0 Å². The summed E-state index contributed by atoms with van der Waals surface area (Å²) in [4.78, 5) is 9.46. The molecule has 0 saturated carbocycles. The number of ether oxygens (including phenoxy) is 1. The van der Waals surface area contributed by atoms with E-state index in [2.05, 4.69) is 22.0 Å². The number of aliphatic hydroxyl groups excluding tert-OH is 1. The Bertz CT molecular complexity index is 338. The van der Waals surface area contributed by atoms with Crippen LogP contribution in [0.2, 0.25) is 0 Å². The van der Waals surface area contributed by atoms with Gasteiger partial charge in [-0.05, 0) is 32.7 Å². The second-order valence-electron chi connectivity index (χ2n) is 5.91. The van der Waals surface area contributed by atoms with Crippen molar-refractivity contribution < 1.29 is 9.84 Å². The van der Waals surface area contributed by atoms with Crippen molar-refractivity contribution in [1.29, 1.82) is 0 Å². The van der Waals surface area contributed by atoms with Crippen molar-refractivity contribution in [3.8, 4) is 0 Å². The minimum Gasteiger partial charge on any atom is -0.391 e. The Morgan fingerprint density at radius 1 is 1.38 bits per heavy atom. The van der Waals surface area contributed by atoms with Crippen LogP contribution in [-0.4, -0.2) is 86.0 Å². The lowest BCUT2D eigenvalue weighted by atomic mass is 10.2. The molecule has 2 fully saturated rings. The van der Waals surface area contributed by atoms with Gasteiger partial charge in [-0.1, -0.05) is 0 Å². The molecule has 2 saturated heterocycles. The third-order valence-electron chi connectivity index (χ3n) is 4.33. The largest absolute Gasteiger partial charge is 0.391 e. The number of likely N-dealkylation sites (tertiary alicyclic amines) is 2. The summed E-state index contributed by atoms with van der Waals surface area (Å²) in [5, 5.41) is 13.0. The van der Waals surface area contributed by atoms with E-state index in [1.165, 1.54) is 12.8 Å². The van der Waals surface area contributed by atoms with Gasteiger partial charge in [-0.25, -0.2) is 0 Å². The van der Waals surface area contributed by atoms with Crippen LogP contribution in [0.3, 0.4) is 0 Å². The number of guanidine groups is 1. The monoisotopic (exact) mass is 298 g/mol. The number of nitrogens with one attached hydrogen (secondary N) is 1. The number of β-amino-alcohol motifs (C(OH)–C–C–N with tert-alkyl or cyclic N) is 1. The number of methoxy groups -OCH3 is 1. The van der Waals surface area contributed by atoms with Crippen molar-refractivity contribution in [2.24, 2.45) is 4.99 Å². The molecule has 2 rings (SSSR count). The zero-order valence-corrected chi connectivity index (χ0v) is 13.4. The average molecular weight is 298 g/mol. The first kappa shape index (κ1) is 16.5. The van der Waals surface area contributed by atoms with E-state index in [9.17, 15) is 5.11 Å². The topological polar surface area (TPSA) is 60.3 Å². The van der Waals surface area contributed by atoms with Crippen LogP contribution in [-0.2, 0) is 4.74 Å².